The SMILES string of the molecule is CN(Cc1ccncc1)Cc1ccc(Br)c([N+](=O)[O-])c1. The summed E-state index contributed by atoms with van der Waals surface area (Å²) in [5.74, 6) is 0. The molecule has 0 radical (unpaired) electrons. The third-order valence-corrected chi connectivity index (χ3v) is 3.53. The average molecular weight is 336 g/mol. The van der Waals surface area contributed by atoms with Gasteiger partial charge in [0.2, 0.25) is 0 Å². The molecule has 0 N–H and O–H groups in total. The van der Waals surface area contributed by atoms with E-state index in [0.717, 1.165) is 17.7 Å². The summed E-state index contributed by atoms with van der Waals surface area (Å²) < 4.78 is 0.503. The molecule has 104 valence electrons. The van der Waals surface area contributed by atoms with Crippen LogP contribution in [0.1, 0.15) is 11.1 Å². The predicted molar refractivity (Wildman–Crippen MR) is 80.2 cm³/mol. The highest BCUT2D eigenvalue weighted by molar-refractivity contribution is 9.10. The molecule has 1 heterocycles. The highest BCUT2D eigenvalue weighted by atomic mass is 79.9. The van der Waals surface area contributed by atoms with E-state index in [1.807, 2.05) is 25.2 Å². The zero-order valence-electron chi connectivity index (χ0n) is 11.0. The highest BCUT2D eigenvalue weighted by Crippen LogP contribution is 2.26. The lowest BCUT2D eigenvalue weighted by atomic mass is 10.2. The van der Waals surface area contributed by atoms with Gasteiger partial charge in [-0.25, -0.2) is 0 Å². The topological polar surface area (TPSA) is 59.3 Å². The summed E-state index contributed by atoms with van der Waals surface area (Å²) in [7, 11) is 1.98. The third kappa shape index (κ3) is 3.85. The number of pyridine rings is 1. The van der Waals surface area contributed by atoms with E-state index >= 15 is 0 Å². The molecule has 0 saturated carbocycles. The van der Waals surface area contributed by atoms with Crippen molar-refractivity contribution >= 4 is 21.6 Å². The van der Waals surface area contributed by atoms with Crippen LogP contribution in [0.4, 0.5) is 5.69 Å². The lowest BCUT2D eigenvalue weighted by Crippen LogP contribution is -2.17. The van der Waals surface area contributed by atoms with E-state index in [2.05, 4.69) is 25.8 Å². The first-order chi connectivity index (χ1) is 9.56. The summed E-state index contributed by atoms with van der Waals surface area (Å²) in [5.41, 5.74) is 2.17. The van der Waals surface area contributed by atoms with Crippen molar-refractivity contribution in [2.24, 2.45) is 0 Å². The second-order valence-corrected chi connectivity index (χ2v) is 5.42. The smallest absolute Gasteiger partial charge is 0.283 e. The number of benzene rings is 1. The highest BCUT2D eigenvalue weighted by Gasteiger charge is 2.13. The summed E-state index contributed by atoms with van der Waals surface area (Å²) in [6, 6.07) is 9.13. The second kappa shape index (κ2) is 6.58. The fraction of sp³-hybridized carbons (Fsp3) is 0.214. The van der Waals surface area contributed by atoms with Gasteiger partial charge in [0.1, 0.15) is 0 Å². The largest absolute Gasteiger partial charge is 0.298 e. The maximum absolute atomic E-state index is 10.9. The van der Waals surface area contributed by atoms with Crippen molar-refractivity contribution in [2.75, 3.05) is 7.05 Å². The first kappa shape index (κ1) is 14.6. The Hall–Kier alpha value is -1.79. The normalized spacial score (nSPS) is 10.8. The fourth-order valence-electron chi connectivity index (χ4n) is 1.96. The number of hydrogen-bond donors (Lipinski definition) is 0. The molecule has 1 aromatic carbocycles. The molecule has 2 aromatic rings. The summed E-state index contributed by atoms with van der Waals surface area (Å²) in [5, 5.41) is 10.9. The van der Waals surface area contributed by atoms with Crippen molar-refractivity contribution in [1.82, 2.24) is 9.88 Å². The minimum absolute atomic E-state index is 0.0970. The van der Waals surface area contributed by atoms with Crippen molar-refractivity contribution < 1.29 is 4.92 Å². The molecule has 0 fully saturated rings. The van der Waals surface area contributed by atoms with Crippen LogP contribution >= 0.6 is 15.9 Å². The molecule has 20 heavy (non-hydrogen) atoms. The summed E-state index contributed by atoms with van der Waals surface area (Å²) >= 11 is 3.19. The maximum Gasteiger partial charge on any atom is 0.283 e. The van der Waals surface area contributed by atoms with Gasteiger partial charge in [-0.15, -0.1) is 0 Å². The first-order valence-electron chi connectivity index (χ1n) is 6.06. The van der Waals surface area contributed by atoms with Crippen molar-refractivity contribution in [3.63, 3.8) is 0 Å². The van der Waals surface area contributed by atoms with Crippen LogP contribution in [0, 0.1) is 10.1 Å². The number of hydrogen-bond acceptors (Lipinski definition) is 4. The maximum atomic E-state index is 10.9. The van der Waals surface area contributed by atoms with Crippen LogP contribution in [-0.4, -0.2) is 21.9 Å². The van der Waals surface area contributed by atoms with Crippen LogP contribution in [0.15, 0.2) is 47.2 Å². The molecule has 1 aromatic heterocycles. The number of nitro groups is 1. The van der Waals surface area contributed by atoms with Crippen LogP contribution in [-0.2, 0) is 13.1 Å². The first-order valence-corrected chi connectivity index (χ1v) is 6.86. The quantitative estimate of drug-likeness (QED) is 0.620. The molecule has 0 saturated heterocycles. The minimum Gasteiger partial charge on any atom is -0.298 e. The van der Waals surface area contributed by atoms with Crippen LogP contribution in [0.25, 0.3) is 0 Å². The van der Waals surface area contributed by atoms with Crippen molar-refractivity contribution in [1.29, 1.82) is 0 Å². The Morgan fingerprint density at radius 2 is 1.85 bits per heavy atom. The van der Waals surface area contributed by atoms with Crippen LogP contribution < -0.4 is 0 Å². The molecular formula is C14H14BrN3O2. The van der Waals surface area contributed by atoms with Gasteiger partial charge in [-0.3, -0.25) is 20.0 Å². The molecule has 0 amide bonds. The summed E-state index contributed by atoms with van der Waals surface area (Å²) in [4.78, 5) is 16.6. The van der Waals surface area contributed by atoms with Crippen LogP contribution in [0.3, 0.4) is 0 Å². The van der Waals surface area contributed by atoms with Gasteiger partial charge in [0.05, 0.1) is 9.40 Å². The average Bonchev–Trinajstić information content (AvgIpc) is 2.41. The monoisotopic (exact) mass is 335 g/mol. The van der Waals surface area contributed by atoms with Crippen LogP contribution in [0.2, 0.25) is 0 Å². The molecule has 0 aliphatic rings. The predicted octanol–water partition coefficient (Wildman–Crippen LogP) is 3.38. The zero-order valence-corrected chi connectivity index (χ0v) is 12.6. The second-order valence-electron chi connectivity index (χ2n) is 4.57. The van der Waals surface area contributed by atoms with Gasteiger partial charge in [0.15, 0.2) is 0 Å². The van der Waals surface area contributed by atoms with Gasteiger partial charge in [-0.1, -0.05) is 6.07 Å². The van der Waals surface area contributed by atoms with Gasteiger partial charge in [0.25, 0.3) is 5.69 Å². The molecule has 0 atom stereocenters. The van der Waals surface area contributed by atoms with Gasteiger partial charge in [-0.05, 0) is 52.3 Å². The Morgan fingerprint density at radius 3 is 2.50 bits per heavy atom. The van der Waals surface area contributed by atoms with Crippen molar-refractivity contribution in [3.05, 3.63) is 68.4 Å². The van der Waals surface area contributed by atoms with E-state index in [4.69, 9.17) is 0 Å². The summed E-state index contributed by atoms with van der Waals surface area (Å²) in [6.07, 6.45) is 3.52. The van der Waals surface area contributed by atoms with Gasteiger partial charge >= 0.3 is 0 Å². The number of halogens is 1. The van der Waals surface area contributed by atoms with Gasteiger partial charge in [0, 0.05) is 31.5 Å². The van der Waals surface area contributed by atoms with E-state index < -0.39 is 0 Å². The number of nitrogens with zero attached hydrogens (tertiary/aromatic N) is 3. The summed E-state index contributed by atoms with van der Waals surface area (Å²) in [6.45, 7) is 1.42. The molecule has 0 unspecified atom stereocenters. The number of aromatic nitrogens is 1. The van der Waals surface area contributed by atoms with Crippen LogP contribution in [0.5, 0.6) is 0 Å². The van der Waals surface area contributed by atoms with E-state index in [1.54, 1.807) is 24.5 Å². The van der Waals surface area contributed by atoms with Gasteiger partial charge in [-0.2, -0.15) is 0 Å². The standard InChI is InChI=1S/C14H14BrN3O2/c1-17(9-11-4-6-16-7-5-11)10-12-2-3-13(15)14(8-12)18(19)20/h2-8H,9-10H2,1H3. The number of nitro benzene ring substituents is 1. The minimum atomic E-state index is -0.379. The zero-order chi connectivity index (χ0) is 14.5. The molecule has 0 aliphatic heterocycles. The third-order valence-electron chi connectivity index (χ3n) is 2.86. The Morgan fingerprint density at radius 1 is 1.20 bits per heavy atom. The number of rotatable bonds is 5. The lowest BCUT2D eigenvalue weighted by molar-refractivity contribution is -0.385. The molecule has 0 bridgehead atoms. The van der Waals surface area contributed by atoms with E-state index in [9.17, 15) is 10.1 Å². The Kier molecular flexibility index (Phi) is 4.81. The molecule has 6 heteroatoms. The molecule has 0 aliphatic carbocycles. The van der Waals surface area contributed by atoms with E-state index in [0.29, 0.717) is 11.0 Å². The molecule has 5 nitrogen and oxygen atoms in total. The lowest BCUT2D eigenvalue weighted by Gasteiger charge is -2.16. The fourth-order valence-corrected chi connectivity index (χ4v) is 2.36. The molecule has 0 spiro atoms. The van der Waals surface area contributed by atoms with Crippen molar-refractivity contribution in [2.45, 2.75) is 13.1 Å². The van der Waals surface area contributed by atoms with E-state index in [-0.39, 0.29) is 10.6 Å². The Balaban J connectivity index is 2.06. The Labute approximate surface area is 125 Å². The molecule has 2 rings (SSSR count). The van der Waals surface area contributed by atoms with E-state index in [1.165, 1.54) is 0 Å². The molecular weight excluding hydrogens is 322 g/mol. The van der Waals surface area contributed by atoms with Gasteiger partial charge < -0.3 is 0 Å². The Bertz CT molecular complexity index is 605. The van der Waals surface area contributed by atoms with Crippen molar-refractivity contribution in [3.8, 4) is 0 Å².